The maximum atomic E-state index is 12.0. The lowest BCUT2D eigenvalue weighted by molar-refractivity contribution is 0.904. The number of anilines is 1. The standard InChI is InChI=1S/C17H17N3O/c1-20-16-5-3-2-4-14(16)15(12-17(20)21)19-11-8-13-6-9-18-10-7-13/h2-7,9-10,12,19H,8,11H2,1H3. The van der Waals surface area contributed by atoms with Gasteiger partial charge in [-0.25, -0.2) is 0 Å². The van der Waals surface area contributed by atoms with Crippen molar-refractivity contribution in [3.8, 4) is 0 Å². The molecule has 0 amide bonds. The zero-order valence-electron chi connectivity index (χ0n) is 11.9. The molecule has 0 bridgehead atoms. The number of benzene rings is 1. The molecule has 4 nitrogen and oxygen atoms in total. The molecular weight excluding hydrogens is 262 g/mol. The SMILES string of the molecule is Cn1c(=O)cc(NCCc2ccncc2)c2ccccc21. The minimum atomic E-state index is 0.000103. The highest BCUT2D eigenvalue weighted by Crippen LogP contribution is 2.20. The van der Waals surface area contributed by atoms with E-state index >= 15 is 0 Å². The molecule has 0 fully saturated rings. The quantitative estimate of drug-likeness (QED) is 0.798. The van der Waals surface area contributed by atoms with Gasteiger partial charge in [0.1, 0.15) is 0 Å². The number of aryl methyl sites for hydroxylation is 1. The van der Waals surface area contributed by atoms with Crippen LogP contribution in [-0.2, 0) is 13.5 Å². The van der Waals surface area contributed by atoms with Crippen molar-refractivity contribution in [2.24, 2.45) is 7.05 Å². The van der Waals surface area contributed by atoms with Gasteiger partial charge in [-0.3, -0.25) is 9.78 Å². The highest BCUT2D eigenvalue weighted by Gasteiger charge is 2.05. The van der Waals surface area contributed by atoms with E-state index in [4.69, 9.17) is 0 Å². The normalized spacial score (nSPS) is 10.7. The summed E-state index contributed by atoms with van der Waals surface area (Å²) in [6, 6.07) is 13.6. The molecule has 0 saturated heterocycles. The minimum absolute atomic E-state index is 0.000103. The molecule has 0 aliphatic rings. The van der Waals surface area contributed by atoms with Crippen molar-refractivity contribution in [2.75, 3.05) is 11.9 Å². The maximum Gasteiger partial charge on any atom is 0.252 e. The molecule has 0 spiro atoms. The summed E-state index contributed by atoms with van der Waals surface area (Å²) in [7, 11) is 1.80. The molecule has 1 N–H and O–H groups in total. The Kier molecular flexibility index (Phi) is 3.69. The Labute approximate surface area is 123 Å². The Balaban J connectivity index is 1.84. The Morgan fingerprint density at radius 2 is 1.90 bits per heavy atom. The topological polar surface area (TPSA) is 46.9 Å². The van der Waals surface area contributed by atoms with Gasteiger partial charge in [0.15, 0.2) is 0 Å². The smallest absolute Gasteiger partial charge is 0.252 e. The molecular formula is C17H17N3O. The van der Waals surface area contributed by atoms with E-state index < -0.39 is 0 Å². The zero-order valence-corrected chi connectivity index (χ0v) is 11.9. The summed E-state index contributed by atoms with van der Waals surface area (Å²) >= 11 is 0. The number of nitrogens with one attached hydrogen (secondary N) is 1. The molecule has 1 aromatic carbocycles. The number of fused-ring (bicyclic) bond motifs is 1. The van der Waals surface area contributed by atoms with E-state index in [0.29, 0.717) is 0 Å². The van der Waals surface area contributed by atoms with Gasteiger partial charge in [0.25, 0.3) is 5.56 Å². The number of hydrogen-bond acceptors (Lipinski definition) is 3. The lowest BCUT2D eigenvalue weighted by Crippen LogP contribution is -2.18. The average molecular weight is 279 g/mol. The Hall–Kier alpha value is -2.62. The van der Waals surface area contributed by atoms with Crippen LogP contribution in [0.5, 0.6) is 0 Å². The van der Waals surface area contributed by atoms with E-state index in [-0.39, 0.29) is 5.56 Å². The summed E-state index contributed by atoms with van der Waals surface area (Å²) in [6.07, 6.45) is 4.48. The first-order valence-corrected chi connectivity index (χ1v) is 6.97. The summed E-state index contributed by atoms with van der Waals surface area (Å²) in [6.45, 7) is 0.779. The van der Waals surface area contributed by atoms with Crippen LogP contribution in [0.2, 0.25) is 0 Å². The molecule has 0 saturated carbocycles. The van der Waals surface area contributed by atoms with Crippen molar-refractivity contribution in [1.29, 1.82) is 0 Å². The molecule has 0 aliphatic carbocycles. The number of rotatable bonds is 4. The summed E-state index contributed by atoms with van der Waals surface area (Å²) in [5.41, 5.74) is 3.06. The van der Waals surface area contributed by atoms with Gasteiger partial charge in [-0.05, 0) is 30.2 Å². The fourth-order valence-corrected chi connectivity index (χ4v) is 2.45. The summed E-state index contributed by atoms with van der Waals surface area (Å²) in [5, 5.41) is 4.43. The van der Waals surface area contributed by atoms with E-state index in [2.05, 4.69) is 10.3 Å². The van der Waals surface area contributed by atoms with Gasteiger partial charge in [0, 0.05) is 43.1 Å². The van der Waals surface area contributed by atoms with Crippen LogP contribution in [0.4, 0.5) is 5.69 Å². The van der Waals surface area contributed by atoms with Gasteiger partial charge in [-0.15, -0.1) is 0 Å². The van der Waals surface area contributed by atoms with Crippen molar-refractivity contribution in [3.05, 3.63) is 70.8 Å². The Morgan fingerprint density at radius 1 is 1.14 bits per heavy atom. The van der Waals surface area contributed by atoms with Crippen molar-refractivity contribution >= 4 is 16.6 Å². The molecule has 0 aliphatic heterocycles. The lowest BCUT2D eigenvalue weighted by atomic mass is 10.1. The first-order chi connectivity index (χ1) is 10.3. The van der Waals surface area contributed by atoms with Crippen LogP contribution in [0.3, 0.4) is 0 Å². The molecule has 4 heteroatoms. The van der Waals surface area contributed by atoms with E-state index in [1.165, 1.54) is 5.56 Å². The van der Waals surface area contributed by atoms with E-state index in [1.54, 1.807) is 30.1 Å². The number of para-hydroxylation sites is 1. The predicted octanol–water partition coefficient (Wildman–Crippen LogP) is 2.59. The molecule has 3 aromatic rings. The molecule has 3 rings (SSSR count). The molecule has 21 heavy (non-hydrogen) atoms. The second-order valence-corrected chi connectivity index (χ2v) is 5.00. The zero-order chi connectivity index (χ0) is 14.7. The predicted molar refractivity (Wildman–Crippen MR) is 85.6 cm³/mol. The third kappa shape index (κ3) is 2.79. The van der Waals surface area contributed by atoms with Crippen molar-refractivity contribution < 1.29 is 0 Å². The molecule has 0 atom stereocenters. The number of aromatic nitrogens is 2. The third-order valence-corrected chi connectivity index (χ3v) is 3.63. The first-order valence-electron chi connectivity index (χ1n) is 6.97. The van der Waals surface area contributed by atoms with Crippen LogP contribution in [0.25, 0.3) is 10.9 Å². The van der Waals surface area contributed by atoms with Crippen molar-refractivity contribution in [1.82, 2.24) is 9.55 Å². The highest BCUT2D eigenvalue weighted by atomic mass is 16.1. The summed E-state index contributed by atoms with van der Waals surface area (Å²) < 4.78 is 1.67. The van der Waals surface area contributed by atoms with Gasteiger partial charge in [0.05, 0.1) is 5.52 Å². The maximum absolute atomic E-state index is 12.0. The van der Waals surface area contributed by atoms with Crippen LogP contribution < -0.4 is 10.9 Å². The van der Waals surface area contributed by atoms with Gasteiger partial charge in [-0.2, -0.15) is 0 Å². The molecule has 106 valence electrons. The van der Waals surface area contributed by atoms with Crippen molar-refractivity contribution in [3.63, 3.8) is 0 Å². The Bertz CT molecular complexity index is 809. The highest BCUT2D eigenvalue weighted by molar-refractivity contribution is 5.91. The fourth-order valence-electron chi connectivity index (χ4n) is 2.45. The van der Waals surface area contributed by atoms with Gasteiger partial charge in [0.2, 0.25) is 0 Å². The fraction of sp³-hybridized carbons (Fsp3) is 0.176. The number of hydrogen-bond donors (Lipinski definition) is 1. The monoisotopic (exact) mass is 279 g/mol. The van der Waals surface area contributed by atoms with Crippen LogP contribution in [-0.4, -0.2) is 16.1 Å². The van der Waals surface area contributed by atoms with E-state index in [9.17, 15) is 4.79 Å². The largest absolute Gasteiger partial charge is 0.384 e. The number of pyridine rings is 2. The van der Waals surface area contributed by atoms with Crippen molar-refractivity contribution in [2.45, 2.75) is 6.42 Å². The van der Waals surface area contributed by atoms with Crippen LogP contribution in [0.1, 0.15) is 5.56 Å². The first kappa shape index (κ1) is 13.4. The Morgan fingerprint density at radius 3 is 2.71 bits per heavy atom. The molecule has 2 heterocycles. The van der Waals surface area contributed by atoms with Crippen LogP contribution in [0, 0.1) is 0 Å². The molecule has 0 unspecified atom stereocenters. The number of nitrogens with zero attached hydrogens (tertiary/aromatic N) is 2. The van der Waals surface area contributed by atoms with Crippen LogP contribution in [0.15, 0.2) is 59.7 Å². The average Bonchev–Trinajstić information content (AvgIpc) is 2.53. The molecule has 2 aromatic heterocycles. The van der Waals surface area contributed by atoms with Gasteiger partial charge >= 0.3 is 0 Å². The summed E-state index contributed by atoms with van der Waals surface area (Å²) in [5.74, 6) is 0. The second kappa shape index (κ2) is 5.79. The summed E-state index contributed by atoms with van der Waals surface area (Å²) in [4.78, 5) is 16.0. The van der Waals surface area contributed by atoms with E-state index in [0.717, 1.165) is 29.6 Å². The van der Waals surface area contributed by atoms with E-state index in [1.807, 2.05) is 36.4 Å². The molecule has 0 radical (unpaired) electrons. The third-order valence-electron chi connectivity index (χ3n) is 3.63. The van der Waals surface area contributed by atoms with Gasteiger partial charge < -0.3 is 9.88 Å². The lowest BCUT2D eigenvalue weighted by Gasteiger charge is -2.12. The van der Waals surface area contributed by atoms with Gasteiger partial charge in [-0.1, -0.05) is 18.2 Å². The minimum Gasteiger partial charge on any atom is -0.384 e. The van der Waals surface area contributed by atoms with Crippen LogP contribution >= 0.6 is 0 Å². The second-order valence-electron chi connectivity index (χ2n) is 5.00.